The van der Waals surface area contributed by atoms with Gasteiger partial charge in [0.25, 0.3) is 11.8 Å². The second-order valence-corrected chi connectivity index (χ2v) is 10.8. The number of anilines is 1. The fourth-order valence-electron chi connectivity index (χ4n) is 4.66. The Labute approximate surface area is 228 Å². The molecule has 38 heavy (non-hydrogen) atoms. The van der Waals surface area contributed by atoms with Gasteiger partial charge in [-0.1, -0.05) is 35.9 Å². The molecule has 2 aliphatic rings. The highest BCUT2D eigenvalue weighted by molar-refractivity contribution is 7.85. The minimum Gasteiger partial charge on any atom is -0.450 e. The highest BCUT2D eigenvalue weighted by Crippen LogP contribution is 2.36. The number of rotatable bonds is 4. The Bertz CT molecular complexity index is 1440. The number of hydrogen-bond donors (Lipinski definition) is 0. The van der Waals surface area contributed by atoms with Crippen molar-refractivity contribution in [2.75, 3.05) is 37.7 Å². The number of amides is 3. The maximum atomic E-state index is 13.8. The van der Waals surface area contributed by atoms with E-state index in [2.05, 4.69) is 0 Å². The molecule has 0 aromatic heterocycles. The summed E-state index contributed by atoms with van der Waals surface area (Å²) >= 11 is 6.20. The maximum Gasteiger partial charge on any atom is 0.409 e. The van der Waals surface area contributed by atoms with Crippen LogP contribution in [-0.2, 0) is 22.1 Å². The molecular formula is C28H26ClN3O5S. The van der Waals surface area contributed by atoms with Crippen LogP contribution in [0.2, 0.25) is 5.02 Å². The number of ether oxygens (including phenoxy) is 1. The van der Waals surface area contributed by atoms with Crippen molar-refractivity contribution in [3.8, 4) is 0 Å². The standard InChI is InChI=1S/C28H26ClN3O5S/c1-2-37-28(35)31-14-12-30(13-15-31)26(33)20-10-11-25-23(17-20)32(18-19-6-5-7-21(29)16-19)27(34)22-8-3-4-9-24(22)38(25)36/h3-11,16-17H,2,12-15,18H2,1H3/t38-/m1/s1. The molecule has 0 saturated carbocycles. The van der Waals surface area contributed by atoms with Gasteiger partial charge in [0.1, 0.15) is 0 Å². The SMILES string of the molecule is CCOC(=O)N1CCN(C(=O)c2ccc3c(c2)N(Cc2cccc(Cl)c2)C(=O)c2ccccc2[S@]3=O)CC1. The molecule has 196 valence electrons. The van der Waals surface area contributed by atoms with Crippen LogP contribution < -0.4 is 4.90 Å². The molecule has 2 heterocycles. The third kappa shape index (κ3) is 5.04. The van der Waals surface area contributed by atoms with E-state index >= 15 is 0 Å². The molecule has 10 heteroatoms. The molecule has 3 aromatic rings. The summed E-state index contributed by atoms with van der Waals surface area (Å²) in [7, 11) is -1.62. The van der Waals surface area contributed by atoms with Gasteiger partial charge < -0.3 is 19.4 Å². The van der Waals surface area contributed by atoms with Gasteiger partial charge in [-0.2, -0.15) is 0 Å². The Morgan fingerprint density at radius 1 is 0.921 bits per heavy atom. The molecule has 0 bridgehead atoms. The maximum absolute atomic E-state index is 13.8. The van der Waals surface area contributed by atoms with Crippen LogP contribution in [0.5, 0.6) is 0 Å². The van der Waals surface area contributed by atoms with E-state index in [0.717, 1.165) is 5.56 Å². The van der Waals surface area contributed by atoms with Gasteiger partial charge in [0, 0.05) is 36.8 Å². The second kappa shape index (κ2) is 11.0. The second-order valence-electron chi connectivity index (χ2n) is 8.95. The largest absolute Gasteiger partial charge is 0.450 e. The minimum absolute atomic E-state index is 0.188. The van der Waals surface area contributed by atoms with Gasteiger partial charge in [-0.3, -0.25) is 9.59 Å². The van der Waals surface area contributed by atoms with E-state index in [4.69, 9.17) is 16.3 Å². The molecule has 0 aliphatic carbocycles. The summed E-state index contributed by atoms with van der Waals surface area (Å²) in [5.74, 6) is -0.528. The predicted molar refractivity (Wildman–Crippen MR) is 144 cm³/mol. The lowest BCUT2D eigenvalue weighted by Gasteiger charge is -2.34. The van der Waals surface area contributed by atoms with Crippen molar-refractivity contribution in [1.29, 1.82) is 0 Å². The topological polar surface area (TPSA) is 87.2 Å². The normalized spacial score (nSPS) is 16.9. The van der Waals surface area contributed by atoms with E-state index in [-0.39, 0.29) is 24.5 Å². The average Bonchev–Trinajstić information content (AvgIpc) is 3.02. The lowest BCUT2D eigenvalue weighted by molar-refractivity contribution is 0.0570. The fourth-order valence-corrected chi connectivity index (χ4v) is 6.22. The zero-order chi connectivity index (χ0) is 26.8. The summed E-state index contributed by atoms with van der Waals surface area (Å²) < 4.78 is 18.7. The van der Waals surface area contributed by atoms with Gasteiger partial charge >= 0.3 is 6.09 Å². The van der Waals surface area contributed by atoms with E-state index in [1.807, 2.05) is 12.1 Å². The molecule has 3 aromatic carbocycles. The van der Waals surface area contributed by atoms with Crippen molar-refractivity contribution in [3.63, 3.8) is 0 Å². The van der Waals surface area contributed by atoms with Crippen LogP contribution in [0.1, 0.15) is 33.2 Å². The number of carbonyl (C=O) groups excluding carboxylic acids is 3. The van der Waals surface area contributed by atoms with Crippen molar-refractivity contribution in [1.82, 2.24) is 9.80 Å². The molecule has 0 spiro atoms. The van der Waals surface area contributed by atoms with Crippen LogP contribution in [0, 0.1) is 0 Å². The van der Waals surface area contributed by atoms with Gasteiger partial charge in [0.05, 0.1) is 45.0 Å². The summed E-state index contributed by atoms with van der Waals surface area (Å²) in [6, 6.07) is 19.0. The zero-order valence-corrected chi connectivity index (χ0v) is 22.3. The van der Waals surface area contributed by atoms with E-state index < -0.39 is 10.8 Å². The number of piperazine rings is 1. The van der Waals surface area contributed by atoms with Gasteiger partial charge in [-0.05, 0) is 55.0 Å². The quantitative estimate of drug-likeness (QED) is 0.473. The molecule has 1 saturated heterocycles. The first-order chi connectivity index (χ1) is 18.4. The molecule has 1 fully saturated rings. The summed E-state index contributed by atoms with van der Waals surface area (Å²) in [6.07, 6.45) is -0.387. The number of benzene rings is 3. The summed E-state index contributed by atoms with van der Waals surface area (Å²) in [6.45, 7) is 3.69. The molecule has 0 N–H and O–H groups in total. The van der Waals surface area contributed by atoms with Crippen LogP contribution >= 0.6 is 11.6 Å². The molecule has 3 amide bonds. The van der Waals surface area contributed by atoms with Crippen molar-refractivity contribution >= 4 is 46.0 Å². The van der Waals surface area contributed by atoms with Crippen molar-refractivity contribution < 1.29 is 23.3 Å². The summed E-state index contributed by atoms with van der Waals surface area (Å²) in [4.78, 5) is 45.0. The van der Waals surface area contributed by atoms with Gasteiger partial charge in [-0.25, -0.2) is 9.00 Å². The highest BCUT2D eigenvalue weighted by atomic mass is 35.5. The number of carbonyl (C=O) groups is 3. The Kier molecular flexibility index (Phi) is 7.49. The number of fused-ring (bicyclic) bond motifs is 2. The molecule has 0 radical (unpaired) electrons. The van der Waals surface area contributed by atoms with Crippen molar-refractivity contribution in [2.24, 2.45) is 0 Å². The third-order valence-corrected chi connectivity index (χ3v) is 8.32. The first kappa shape index (κ1) is 25.9. The minimum atomic E-state index is -1.62. The van der Waals surface area contributed by atoms with Crippen LogP contribution in [0.15, 0.2) is 76.5 Å². The lowest BCUT2D eigenvalue weighted by atomic mass is 10.1. The van der Waals surface area contributed by atoms with Crippen molar-refractivity contribution in [2.45, 2.75) is 23.3 Å². The van der Waals surface area contributed by atoms with Crippen LogP contribution in [0.4, 0.5) is 10.5 Å². The van der Waals surface area contributed by atoms with E-state index in [1.165, 1.54) is 0 Å². The smallest absolute Gasteiger partial charge is 0.409 e. The first-order valence-corrected chi connectivity index (χ1v) is 13.8. The molecule has 0 unspecified atom stereocenters. The molecule has 2 aliphatic heterocycles. The molecule has 8 nitrogen and oxygen atoms in total. The van der Waals surface area contributed by atoms with Gasteiger partial charge in [0.15, 0.2) is 0 Å². The summed E-state index contributed by atoms with van der Waals surface area (Å²) in [5.41, 5.74) is 1.95. The van der Waals surface area contributed by atoms with E-state index in [9.17, 15) is 18.6 Å². The summed E-state index contributed by atoms with van der Waals surface area (Å²) in [5, 5.41) is 0.542. The molecular weight excluding hydrogens is 526 g/mol. The third-order valence-electron chi connectivity index (χ3n) is 6.58. The Balaban J connectivity index is 1.49. The highest BCUT2D eigenvalue weighted by Gasteiger charge is 2.32. The Morgan fingerprint density at radius 3 is 2.39 bits per heavy atom. The number of nitrogens with zero attached hydrogens (tertiary/aromatic N) is 3. The van der Waals surface area contributed by atoms with Gasteiger partial charge in [0.2, 0.25) is 0 Å². The predicted octanol–water partition coefficient (Wildman–Crippen LogP) is 4.58. The Hall–Kier alpha value is -3.69. The number of halogens is 1. The average molecular weight is 552 g/mol. The Morgan fingerprint density at radius 2 is 1.66 bits per heavy atom. The first-order valence-electron chi connectivity index (χ1n) is 12.3. The molecule has 1 atom stereocenters. The van der Waals surface area contributed by atoms with E-state index in [1.54, 1.807) is 76.2 Å². The monoisotopic (exact) mass is 551 g/mol. The van der Waals surface area contributed by atoms with Crippen LogP contribution in [0.25, 0.3) is 0 Å². The van der Waals surface area contributed by atoms with Crippen molar-refractivity contribution in [3.05, 3.63) is 88.4 Å². The van der Waals surface area contributed by atoms with E-state index in [0.29, 0.717) is 64.4 Å². The van der Waals surface area contributed by atoms with Crippen LogP contribution in [-0.4, -0.2) is 64.7 Å². The molecule has 5 rings (SSSR count). The lowest BCUT2D eigenvalue weighted by Crippen LogP contribution is -2.50. The fraction of sp³-hybridized carbons (Fsp3) is 0.250. The van der Waals surface area contributed by atoms with Gasteiger partial charge in [-0.15, -0.1) is 0 Å². The zero-order valence-electron chi connectivity index (χ0n) is 20.8. The van der Waals surface area contributed by atoms with Crippen LogP contribution in [0.3, 0.4) is 0 Å². The number of hydrogen-bond acceptors (Lipinski definition) is 5.